The van der Waals surface area contributed by atoms with E-state index in [0.29, 0.717) is 16.3 Å². The molecule has 0 heterocycles. The van der Waals surface area contributed by atoms with E-state index in [1.54, 1.807) is 36.4 Å². The van der Waals surface area contributed by atoms with Gasteiger partial charge in [0.25, 0.3) is 0 Å². The number of benzene rings is 2. The Morgan fingerprint density at radius 3 is 2.75 bits per heavy atom. The van der Waals surface area contributed by atoms with Crippen molar-refractivity contribution in [3.05, 3.63) is 57.0 Å². The van der Waals surface area contributed by atoms with Crippen LogP contribution in [0.25, 0.3) is 0 Å². The highest BCUT2D eigenvalue weighted by Crippen LogP contribution is 2.29. The van der Waals surface area contributed by atoms with E-state index in [9.17, 15) is 4.79 Å². The lowest BCUT2D eigenvalue weighted by molar-refractivity contribution is 0.0695. The SMILES string of the molecule is Nc1cccc(COc2ccc(Br)cc2Cl)c1C(=O)O. The molecule has 4 nitrogen and oxygen atoms in total. The minimum atomic E-state index is -1.08. The Morgan fingerprint density at radius 1 is 1.35 bits per heavy atom. The molecule has 2 aromatic carbocycles. The van der Waals surface area contributed by atoms with Crippen LogP contribution in [0.1, 0.15) is 15.9 Å². The Labute approximate surface area is 129 Å². The zero-order valence-corrected chi connectivity index (χ0v) is 12.6. The zero-order valence-electron chi connectivity index (χ0n) is 10.3. The maximum absolute atomic E-state index is 11.2. The summed E-state index contributed by atoms with van der Waals surface area (Å²) in [5, 5.41) is 9.61. The molecule has 0 spiro atoms. The van der Waals surface area contributed by atoms with Crippen LogP contribution < -0.4 is 10.5 Å². The van der Waals surface area contributed by atoms with E-state index in [2.05, 4.69) is 15.9 Å². The highest BCUT2D eigenvalue weighted by molar-refractivity contribution is 9.10. The number of aromatic carboxylic acids is 1. The fourth-order valence-electron chi connectivity index (χ4n) is 1.75. The number of carboxylic acids is 1. The van der Waals surface area contributed by atoms with Gasteiger partial charge in [-0.3, -0.25) is 0 Å². The first-order valence-corrected chi connectivity index (χ1v) is 6.84. The molecule has 0 aliphatic rings. The Morgan fingerprint density at radius 2 is 2.10 bits per heavy atom. The van der Waals surface area contributed by atoms with E-state index >= 15 is 0 Å². The van der Waals surface area contributed by atoms with Crippen LogP contribution in [-0.4, -0.2) is 11.1 Å². The van der Waals surface area contributed by atoms with Gasteiger partial charge in [0, 0.05) is 15.7 Å². The number of nitrogen functional groups attached to an aromatic ring is 1. The minimum absolute atomic E-state index is 0.0562. The maximum Gasteiger partial charge on any atom is 0.338 e. The standard InChI is InChI=1S/C14H11BrClNO3/c15-9-4-5-12(10(16)6-9)20-7-8-2-1-3-11(17)13(8)14(18)19/h1-6H,7,17H2,(H,18,19). The average molecular weight is 357 g/mol. The Balaban J connectivity index is 2.23. The van der Waals surface area contributed by atoms with Gasteiger partial charge in [-0.15, -0.1) is 0 Å². The molecule has 104 valence electrons. The van der Waals surface area contributed by atoms with Gasteiger partial charge in [-0.1, -0.05) is 39.7 Å². The molecule has 0 unspecified atom stereocenters. The smallest absolute Gasteiger partial charge is 0.338 e. The second-order valence-electron chi connectivity index (χ2n) is 4.05. The number of carboxylic acid groups (broad SMARTS) is 1. The molecule has 0 atom stereocenters. The Bertz CT molecular complexity index is 661. The molecule has 6 heteroatoms. The third-order valence-electron chi connectivity index (χ3n) is 2.67. The molecule has 0 aliphatic heterocycles. The quantitative estimate of drug-likeness (QED) is 0.813. The van der Waals surface area contributed by atoms with Crippen LogP contribution in [-0.2, 0) is 6.61 Å². The molecule has 0 aliphatic carbocycles. The van der Waals surface area contributed by atoms with Gasteiger partial charge in [0.05, 0.1) is 10.6 Å². The summed E-state index contributed by atoms with van der Waals surface area (Å²) in [5.74, 6) is -0.600. The third kappa shape index (κ3) is 3.23. The fraction of sp³-hybridized carbons (Fsp3) is 0.0714. The first-order chi connectivity index (χ1) is 9.49. The van der Waals surface area contributed by atoms with Crippen molar-refractivity contribution < 1.29 is 14.6 Å². The summed E-state index contributed by atoms with van der Waals surface area (Å²) < 4.78 is 6.39. The summed E-state index contributed by atoms with van der Waals surface area (Å²) >= 11 is 9.33. The van der Waals surface area contributed by atoms with Crippen molar-refractivity contribution in [2.24, 2.45) is 0 Å². The molecule has 0 saturated heterocycles. The number of hydrogen-bond acceptors (Lipinski definition) is 3. The molecule has 3 N–H and O–H groups in total. The highest BCUT2D eigenvalue weighted by atomic mass is 79.9. The van der Waals surface area contributed by atoms with Gasteiger partial charge in [0.2, 0.25) is 0 Å². The highest BCUT2D eigenvalue weighted by Gasteiger charge is 2.14. The van der Waals surface area contributed by atoms with Gasteiger partial charge in [-0.2, -0.15) is 0 Å². The van der Waals surface area contributed by atoms with E-state index in [1.165, 1.54) is 0 Å². The molecular formula is C14H11BrClNO3. The minimum Gasteiger partial charge on any atom is -0.487 e. The first kappa shape index (κ1) is 14.7. The van der Waals surface area contributed by atoms with Crippen molar-refractivity contribution in [2.45, 2.75) is 6.61 Å². The molecule has 2 rings (SSSR count). The monoisotopic (exact) mass is 355 g/mol. The van der Waals surface area contributed by atoms with E-state index < -0.39 is 5.97 Å². The summed E-state index contributed by atoms with van der Waals surface area (Å²) in [4.78, 5) is 11.2. The second-order valence-corrected chi connectivity index (χ2v) is 5.37. The molecule has 0 saturated carbocycles. The predicted molar refractivity (Wildman–Crippen MR) is 81.3 cm³/mol. The van der Waals surface area contributed by atoms with Gasteiger partial charge < -0.3 is 15.6 Å². The van der Waals surface area contributed by atoms with E-state index in [1.807, 2.05) is 0 Å². The second kappa shape index (κ2) is 6.15. The number of anilines is 1. The van der Waals surface area contributed by atoms with Gasteiger partial charge in [0.1, 0.15) is 12.4 Å². The summed E-state index contributed by atoms with van der Waals surface area (Å²) in [6, 6.07) is 10.1. The normalized spacial score (nSPS) is 10.3. The molecule has 2 aromatic rings. The van der Waals surface area contributed by atoms with Crippen LogP contribution in [0.15, 0.2) is 40.9 Å². The summed E-state index contributed by atoms with van der Waals surface area (Å²) in [6.07, 6.45) is 0. The van der Waals surface area contributed by atoms with E-state index in [0.717, 1.165) is 4.47 Å². The summed E-state index contributed by atoms with van der Waals surface area (Å²) in [7, 11) is 0. The number of carbonyl (C=O) groups is 1. The van der Waals surface area contributed by atoms with Crippen molar-refractivity contribution in [1.29, 1.82) is 0 Å². The van der Waals surface area contributed by atoms with Crippen molar-refractivity contribution in [1.82, 2.24) is 0 Å². The zero-order chi connectivity index (χ0) is 14.7. The molecule has 0 radical (unpaired) electrons. The summed E-state index contributed by atoms with van der Waals surface area (Å²) in [6.45, 7) is 0.0774. The van der Waals surface area contributed by atoms with Gasteiger partial charge in [0.15, 0.2) is 0 Å². The fourth-order valence-corrected chi connectivity index (χ4v) is 2.48. The number of ether oxygens (including phenoxy) is 1. The molecule has 0 amide bonds. The van der Waals surface area contributed by atoms with Crippen LogP contribution in [0.2, 0.25) is 5.02 Å². The maximum atomic E-state index is 11.2. The van der Waals surface area contributed by atoms with Gasteiger partial charge >= 0.3 is 5.97 Å². The van der Waals surface area contributed by atoms with Crippen molar-refractivity contribution in [3.63, 3.8) is 0 Å². The molecular weight excluding hydrogens is 346 g/mol. The molecule has 20 heavy (non-hydrogen) atoms. The van der Waals surface area contributed by atoms with Crippen molar-refractivity contribution in [3.8, 4) is 5.75 Å². The van der Waals surface area contributed by atoms with Crippen LogP contribution in [0.3, 0.4) is 0 Å². The molecule has 0 fully saturated rings. The predicted octanol–water partition coefficient (Wildman–Crippen LogP) is 3.96. The lowest BCUT2D eigenvalue weighted by Gasteiger charge is -2.11. The largest absolute Gasteiger partial charge is 0.487 e. The lowest BCUT2D eigenvalue weighted by Crippen LogP contribution is -2.09. The third-order valence-corrected chi connectivity index (χ3v) is 3.46. The number of rotatable bonds is 4. The van der Waals surface area contributed by atoms with E-state index in [-0.39, 0.29) is 17.9 Å². The topological polar surface area (TPSA) is 72.5 Å². The number of hydrogen-bond donors (Lipinski definition) is 2. The molecule has 0 aromatic heterocycles. The van der Waals surface area contributed by atoms with Crippen LogP contribution >= 0.6 is 27.5 Å². The van der Waals surface area contributed by atoms with Gasteiger partial charge in [-0.05, 0) is 24.3 Å². The average Bonchev–Trinajstić information content (AvgIpc) is 2.37. The van der Waals surface area contributed by atoms with E-state index in [4.69, 9.17) is 27.2 Å². The van der Waals surface area contributed by atoms with Crippen molar-refractivity contribution >= 4 is 39.2 Å². The first-order valence-electron chi connectivity index (χ1n) is 5.67. The van der Waals surface area contributed by atoms with Gasteiger partial charge in [-0.25, -0.2) is 4.79 Å². The van der Waals surface area contributed by atoms with Crippen LogP contribution in [0, 0.1) is 0 Å². The van der Waals surface area contributed by atoms with Crippen molar-refractivity contribution in [2.75, 3.05) is 5.73 Å². The van der Waals surface area contributed by atoms with Crippen LogP contribution in [0.4, 0.5) is 5.69 Å². The summed E-state index contributed by atoms with van der Waals surface area (Å²) in [5.41, 5.74) is 6.43. The lowest BCUT2D eigenvalue weighted by atomic mass is 10.1. The number of halogens is 2. The Hall–Kier alpha value is -1.72. The molecule has 0 bridgehead atoms. The Kier molecular flexibility index (Phi) is 4.52. The van der Waals surface area contributed by atoms with Crippen LogP contribution in [0.5, 0.6) is 5.75 Å². The number of nitrogens with two attached hydrogens (primary N) is 1.